The summed E-state index contributed by atoms with van der Waals surface area (Å²) < 4.78 is 5.13. The van der Waals surface area contributed by atoms with E-state index in [0.29, 0.717) is 0 Å². The van der Waals surface area contributed by atoms with Crippen LogP contribution in [0.4, 0.5) is 0 Å². The first kappa shape index (κ1) is 22.0. The summed E-state index contributed by atoms with van der Waals surface area (Å²) in [5.41, 5.74) is 0. The van der Waals surface area contributed by atoms with Crippen molar-refractivity contribution in [1.29, 1.82) is 0 Å². The van der Waals surface area contributed by atoms with E-state index in [0.717, 1.165) is 57.1 Å². The van der Waals surface area contributed by atoms with Crippen molar-refractivity contribution in [2.45, 2.75) is 58.8 Å². The number of hydrogen-bond donors (Lipinski definition) is 1. The van der Waals surface area contributed by atoms with Crippen LogP contribution >= 0.6 is 0 Å². The first-order chi connectivity index (χ1) is 14.3. The zero-order valence-electron chi connectivity index (χ0n) is 18.3. The smallest absolute Gasteiger partial charge is 0.175 e. The van der Waals surface area contributed by atoms with Crippen molar-refractivity contribution in [1.82, 2.24) is 29.8 Å². The van der Waals surface area contributed by atoms with Crippen LogP contribution in [0.2, 0.25) is 0 Å². The first-order valence-corrected chi connectivity index (χ1v) is 11.5. The Kier molecular flexibility index (Phi) is 9.18. The van der Waals surface area contributed by atoms with E-state index < -0.39 is 0 Å². The molecule has 1 N–H and O–H groups in total. The van der Waals surface area contributed by atoms with Gasteiger partial charge in [0, 0.05) is 51.0 Å². The van der Waals surface area contributed by atoms with Crippen molar-refractivity contribution in [2.24, 2.45) is 0 Å². The third-order valence-corrected chi connectivity index (χ3v) is 6.09. The number of unbranched alkanes of at least 4 members (excludes halogenated alkanes) is 5. The second-order valence-electron chi connectivity index (χ2n) is 8.52. The Bertz CT molecular complexity index is 602. The van der Waals surface area contributed by atoms with Crippen molar-refractivity contribution in [3.63, 3.8) is 0 Å². The molecule has 0 unspecified atom stereocenters. The second-order valence-corrected chi connectivity index (χ2v) is 8.52. The number of nitrogens with zero attached hydrogens (tertiary/aromatic N) is 6. The van der Waals surface area contributed by atoms with E-state index in [9.17, 15) is 0 Å². The topological polar surface area (TPSA) is 50.9 Å². The SMILES string of the molecule is CCCCCCCCN1CCNCC[N+](Cn2cccn2)(Cn2cccn2)CC1. The number of quaternary nitrogens is 1. The first-order valence-electron chi connectivity index (χ1n) is 11.5. The summed E-state index contributed by atoms with van der Waals surface area (Å²) in [6.07, 6.45) is 16.1. The molecule has 0 spiro atoms. The number of rotatable bonds is 11. The molecule has 0 saturated carbocycles. The monoisotopic (exact) mass is 402 g/mol. The quantitative estimate of drug-likeness (QED) is 0.464. The molecule has 7 nitrogen and oxygen atoms in total. The van der Waals surface area contributed by atoms with Crippen molar-refractivity contribution >= 4 is 0 Å². The van der Waals surface area contributed by atoms with Gasteiger partial charge in [-0.25, -0.2) is 9.36 Å². The molecular weight excluding hydrogens is 362 g/mol. The highest BCUT2D eigenvalue weighted by Gasteiger charge is 2.30. The highest BCUT2D eigenvalue weighted by Crippen LogP contribution is 2.14. The van der Waals surface area contributed by atoms with Gasteiger partial charge in [-0.1, -0.05) is 39.0 Å². The molecule has 0 bridgehead atoms. The van der Waals surface area contributed by atoms with Crippen LogP contribution in [-0.2, 0) is 13.3 Å². The summed E-state index contributed by atoms with van der Waals surface area (Å²) in [6, 6.07) is 4.04. The van der Waals surface area contributed by atoms with Gasteiger partial charge in [0.05, 0.1) is 13.1 Å². The predicted octanol–water partition coefficient (Wildman–Crippen LogP) is 2.78. The van der Waals surface area contributed by atoms with Crippen molar-refractivity contribution in [3.8, 4) is 0 Å². The molecule has 7 heteroatoms. The van der Waals surface area contributed by atoms with Gasteiger partial charge in [-0.3, -0.25) is 9.38 Å². The van der Waals surface area contributed by atoms with Crippen LogP contribution in [0, 0.1) is 0 Å². The van der Waals surface area contributed by atoms with Gasteiger partial charge in [-0.05, 0) is 25.1 Å². The van der Waals surface area contributed by atoms with E-state index in [4.69, 9.17) is 0 Å². The summed E-state index contributed by atoms with van der Waals surface area (Å²) in [5, 5.41) is 12.7. The molecule has 2 aromatic heterocycles. The van der Waals surface area contributed by atoms with E-state index in [1.165, 1.54) is 45.1 Å². The standard InChI is InChI=1S/C22H40N7/c1-2-3-4-5-6-7-14-26-17-12-23-13-19-29(20-18-26,21-27-15-8-10-24-27)22-28-16-9-11-25-28/h8-11,15-16,23H,2-7,12-14,17-22H2,1H3/q+1. The fourth-order valence-corrected chi connectivity index (χ4v) is 4.31. The van der Waals surface area contributed by atoms with E-state index >= 15 is 0 Å². The lowest BCUT2D eigenvalue weighted by atomic mass is 10.1. The maximum Gasteiger partial charge on any atom is 0.175 e. The fourth-order valence-electron chi connectivity index (χ4n) is 4.31. The van der Waals surface area contributed by atoms with Crippen molar-refractivity contribution in [3.05, 3.63) is 36.9 Å². The zero-order chi connectivity index (χ0) is 20.2. The molecule has 3 rings (SSSR count). The number of nitrogens with one attached hydrogen (secondary N) is 1. The van der Waals surface area contributed by atoms with E-state index in [2.05, 4.69) is 49.1 Å². The summed E-state index contributed by atoms with van der Waals surface area (Å²) in [6.45, 7) is 11.9. The molecule has 1 fully saturated rings. The normalized spacial score (nSPS) is 18.2. The zero-order valence-corrected chi connectivity index (χ0v) is 18.3. The van der Waals surface area contributed by atoms with Crippen molar-refractivity contribution in [2.75, 3.05) is 45.8 Å². The third-order valence-electron chi connectivity index (χ3n) is 6.09. The fraction of sp³-hybridized carbons (Fsp3) is 0.727. The maximum absolute atomic E-state index is 4.50. The van der Waals surface area contributed by atoms with Gasteiger partial charge in [0.25, 0.3) is 0 Å². The largest absolute Gasteiger partial charge is 0.310 e. The molecule has 1 saturated heterocycles. The lowest BCUT2D eigenvalue weighted by Crippen LogP contribution is -2.55. The van der Waals surface area contributed by atoms with Crippen LogP contribution in [0.15, 0.2) is 36.9 Å². The maximum atomic E-state index is 4.50. The Labute approximate surface area is 176 Å². The Morgan fingerprint density at radius 2 is 1.52 bits per heavy atom. The molecule has 0 atom stereocenters. The minimum absolute atomic E-state index is 0.888. The van der Waals surface area contributed by atoms with Gasteiger partial charge in [0.2, 0.25) is 0 Å². The van der Waals surface area contributed by atoms with Gasteiger partial charge in [-0.15, -0.1) is 0 Å². The van der Waals surface area contributed by atoms with E-state index in [1.54, 1.807) is 0 Å². The van der Waals surface area contributed by atoms with Crippen LogP contribution in [0.5, 0.6) is 0 Å². The van der Waals surface area contributed by atoms with Gasteiger partial charge in [0.15, 0.2) is 13.3 Å². The van der Waals surface area contributed by atoms with Crippen LogP contribution in [0.3, 0.4) is 0 Å². The molecule has 1 aliphatic rings. The Hall–Kier alpha value is -1.70. The Morgan fingerprint density at radius 1 is 0.828 bits per heavy atom. The molecule has 29 heavy (non-hydrogen) atoms. The third kappa shape index (κ3) is 7.57. The molecule has 2 aromatic rings. The average molecular weight is 403 g/mol. The predicted molar refractivity (Wildman–Crippen MR) is 117 cm³/mol. The van der Waals surface area contributed by atoms with Crippen LogP contribution in [0.25, 0.3) is 0 Å². The lowest BCUT2D eigenvalue weighted by molar-refractivity contribution is -0.968. The number of hydrogen-bond acceptors (Lipinski definition) is 4. The molecule has 0 aliphatic carbocycles. The van der Waals surface area contributed by atoms with Gasteiger partial charge >= 0.3 is 0 Å². The minimum Gasteiger partial charge on any atom is -0.310 e. The molecule has 0 aromatic carbocycles. The molecule has 1 aliphatic heterocycles. The summed E-state index contributed by atoms with van der Waals surface area (Å²) in [7, 11) is 0. The molecule has 0 amide bonds. The molecule has 3 heterocycles. The van der Waals surface area contributed by atoms with Crippen LogP contribution < -0.4 is 5.32 Å². The lowest BCUT2D eigenvalue weighted by Gasteiger charge is -2.38. The average Bonchev–Trinajstić information content (AvgIpc) is 3.42. The highest BCUT2D eigenvalue weighted by molar-refractivity contribution is 4.78. The van der Waals surface area contributed by atoms with Gasteiger partial charge in [0.1, 0.15) is 0 Å². The molecule has 0 radical (unpaired) electrons. The van der Waals surface area contributed by atoms with E-state index in [1.807, 2.05) is 24.5 Å². The Morgan fingerprint density at radius 3 is 2.17 bits per heavy atom. The summed E-state index contributed by atoms with van der Waals surface area (Å²) in [4.78, 5) is 2.66. The second kappa shape index (κ2) is 12.1. The van der Waals surface area contributed by atoms with Gasteiger partial charge < -0.3 is 5.32 Å². The number of aromatic nitrogens is 4. The van der Waals surface area contributed by atoms with Crippen LogP contribution in [0.1, 0.15) is 45.4 Å². The highest BCUT2D eigenvalue weighted by atomic mass is 15.5. The Balaban J connectivity index is 1.60. The summed E-state index contributed by atoms with van der Waals surface area (Å²) in [5.74, 6) is 0. The van der Waals surface area contributed by atoms with Gasteiger partial charge in [-0.2, -0.15) is 10.2 Å². The summed E-state index contributed by atoms with van der Waals surface area (Å²) >= 11 is 0. The molecular formula is C22H40N7+. The van der Waals surface area contributed by atoms with Crippen LogP contribution in [-0.4, -0.2) is 74.8 Å². The van der Waals surface area contributed by atoms with Crippen molar-refractivity contribution < 1.29 is 4.48 Å². The molecule has 162 valence electrons. The minimum atomic E-state index is 0.888. The van der Waals surface area contributed by atoms with E-state index in [-0.39, 0.29) is 0 Å².